The second-order valence-electron chi connectivity index (χ2n) is 7.66. The lowest BCUT2D eigenvalue weighted by molar-refractivity contribution is -0.194. The molecule has 6 unspecified atom stereocenters. The Morgan fingerprint density at radius 1 is 1.31 bits per heavy atom. The van der Waals surface area contributed by atoms with E-state index >= 15 is 0 Å². The van der Waals surface area contributed by atoms with E-state index in [1.165, 1.54) is 0 Å². The normalized spacial score (nSPS) is 39.4. The van der Waals surface area contributed by atoms with Gasteiger partial charge in [0.15, 0.2) is 0 Å². The Bertz CT molecular complexity index is 712. The van der Waals surface area contributed by atoms with E-state index in [0.717, 1.165) is 17.5 Å². The number of ether oxygens (including phenoxy) is 1. The van der Waals surface area contributed by atoms with Crippen LogP contribution in [0.4, 0.5) is 0 Å². The van der Waals surface area contributed by atoms with Crippen molar-refractivity contribution in [3.05, 3.63) is 29.3 Å². The molecule has 2 N–H and O–H groups in total. The summed E-state index contributed by atoms with van der Waals surface area (Å²) < 4.78 is 6.33. The highest BCUT2D eigenvalue weighted by Gasteiger charge is 2.73. The zero-order chi connectivity index (χ0) is 19.3. The number of carbonyl (C=O) groups is 1. The van der Waals surface area contributed by atoms with Gasteiger partial charge in [0.1, 0.15) is 11.3 Å². The van der Waals surface area contributed by atoms with Crippen LogP contribution in [0.2, 0.25) is 0 Å². The van der Waals surface area contributed by atoms with Crippen molar-refractivity contribution in [2.75, 3.05) is 0 Å². The minimum Gasteiger partial charge on any atom is -0.475 e. The Kier molecular flexibility index (Phi) is 5.24. The number of benzene rings is 1. The summed E-state index contributed by atoms with van der Waals surface area (Å²) >= 11 is 13.2. The Morgan fingerprint density at radius 3 is 2.54 bits per heavy atom. The number of carbonyl (C=O) groups excluding carboxylic acids is 1. The summed E-state index contributed by atoms with van der Waals surface area (Å²) in [5.74, 6) is 0.419. The first-order valence-electron chi connectivity index (χ1n) is 9.27. The average molecular weight is 400 g/mol. The van der Waals surface area contributed by atoms with E-state index in [-0.39, 0.29) is 17.2 Å². The third-order valence-corrected chi connectivity index (χ3v) is 7.25. The van der Waals surface area contributed by atoms with E-state index < -0.39 is 22.6 Å². The molecule has 1 aliphatic heterocycles. The number of halogens is 2. The van der Waals surface area contributed by atoms with Gasteiger partial charge >= 0.3 is 0 Å². The van der Waals surface area contributed by atoms with E-state index in [0.29, 0.717) is 18.6 Å². The summed E-state index contributed by atoms with van der Waals surface area (Å²) in [5, 5.41) is 13.2. The maximum absolute atomic E-state index is 12.7. The monoisotopic (exact) mass is 399 g/mol. The van der Waals surface area contributed by atoms with Crippen LogP contribution >= 0.6 is 23.2 Å². The molecule has 1 spiro atoms. The van der Waals surface area contributed by atoms with Gasteiger partial charge in [-0.15, -0.1) is 23.2 Å². The third-order valence-electron chi connectivity index (χ3n) is 6.21. The van der Waals surface area contributed by atoms with Gasteiger partial charge in [-0.25, -0.2) is 0 Å². The number of hydrogen-bond acceptors (Lipinski definition) is 3. The molecule has 26 heavy (non-hydrogen) atoms. The maximum Gasteiger partial charge on any atom is 0.267 e. The first kappa shape index (κ1) is 19.8. The molecule has 6 heteroatoms. The van der Waals surface area contributed by atoms with E-state index in [4.69, 9.17) is 27.9 Å². The van der Waals surface area contributed by atoms with E-state index in [9.17, 15) is 9.90 Å². The van der Waals surface area contributed by atoms with Gasteiger partial charge in [-0.3, -0.25) is 4.79 Å². The number of aliphatic hydroxyl groups excluding tert-OH is 1. The molecule has 0 bridgehead atoms. The van der Waals surface area contributed by atoms with Crippen molar-refractivity contribution in [3.8, 4) is 5.75 Å². The van der Waals surface area contributed by atoms with Gasteiger partial charge in [-0.05, 0) is 44.2 Å². The third kappa shape index (κ3) is 2.64. The van der Waals surface area contributed by atoms with Crippen LogP contribution < -0.4 is 10.1 Å². The van der Waals surface area contributed by atoms with Crippen LogP contribution in [0.15, 0.2) is 18.2 Å². The number of alkyl halides is 2. The molecule has 2 fully saturated rings. The molecule has 1 saturated heterocycles. The van der Waals surface area contributed by atoms with Crippen LogP contribution in [0.5, 0.6) is 5.75 Å². The molecule has 144 valence electrons. The van der Waals surface area contributed by atoms with Crippen molar-refractivity contribution in [2.45, 2.75) is 75.0 Å². The van der Waals surface area contributed by atoms with Crippen LogP contribution in [0.3, 0.4) is 0 Å². The number of aryl methyl sites for hydroxylation is 2. The molecule has 6 atom stereocenters. The molecule has 1 aliphatic carbocycles. The zero-order valence-corrected chi connectivity index (χ0v) is 17.2. The number of aliphatic hydroxyl groups is 1. The molecular formula is C20H27Cl2NO3. The Labute approximate surface area is 165 Å². The standard InChI is InChI=1S/C20H27Cl2NO3/c1-5-13-14(21)10-19(17(24)16(13)22)20(6-2,18(25)23-19)26-15-8-7-11(3)9-12(15)4/h7-9,13-14,16-17,24H,5-6,10H2,1-4H3,(H,23,25). The lowest BCUT2D eigenvalue weighted by Crippen LogP contribution is -2.89. The zero-order valence-electron chi connectivity index (χ0n) is 15.7. The van der Waals surface area contributed by atoms with Gasteiger partial charge < -0.3 is 15.2 Å². The summed E-state index contributed by atoms with van der Waals surface area (Å²) in [6.45, 7) is 7.87. The lowest BCUT2D eigenvalue weighted by Gasteiger charge is -2.63. The summed E-state index contributed by atoms with van der Waals surface area (Å²) in [5.41, 5.74) is -0.0703. The minimum absolute atomic E-state index is 0.00729. The highest BCUT2D eigenvalue weighted by molar-refractivity contribution is 6.25. The fourth-order valence-corrected chi connectivity index (χ4v) is 5.85. The number of hydrogen-bond donors (Lipinski definition) is 2. The van der Waals surface area contributed by atoms with Crippen LogP contribution in [0.1, 0.15) is 44.2 Å². The molecule has 1 amide bonds. The van der Waals surface area contributed by atoms with Gasteiger partial charge in [-0.1, -0.05) is 38.0 Å². The molecule has 1 heterocycles. The molecule has 3 rings (SSSR count). The van der Waals surface area contributed by atoms with Gasteiger partial charge in [0.05, 0.1) is 11.5 Å². The predicted molar refractivity (Wildman–Crippen MR) is 104 cm³/mol. The molecule has 1 saturated carbocycles. The Morgan fingerprint density at radius 2 is 2.00 bits per heavy atom. The molecule has 0 radical (unpaired) electrons. The predicted octanol–water partition coefficient (Wildman–Crippen LogP) is 3.71. The fourth-order valence-electron chi connectivity index (χ4n) is 4.63. The minimum atomic E-state index is -1.18. The lowest BCUT2D eigenvalue weighted by atomic mass is 9.58. The van der Waals surface area contributed by atoms with Gasteiger partial charge in [0, 0.05) is 5.38 Å². The highest BCUT2D eigenvalue weighted by atomic mass is 35.5. The second kappa shape index (κ2) is 6.88. The fraction of sp³-hybridized carbons (Fsp3) is 0.650. The van der Waals surface area contributed by atoms with Crippen molar-refractivity contribution < 1.29 is 14.6 Å². The maximum atomic E-state index is 12.7. The molecule has 0 aromatic heterocycles. The van der Waals surface area contributed by atoms with E-state index in [1.54, 1.807) is 0 Å². The molecule has 1 aromatic rings. The summed E-state index contributed by atoms with van der Waals surface area (Å²) in [4.78, 5) is 12.7. The number of nitrogens with one attached hydrogen (secondary N) is 1. The van der Waals surface area contributed by atoms with E-state index in [1.807, 2.05) is 45.9 Å². The number of rotatable bonds is 4. The van der Waals surface area contributed by atoms with Gasteiger partial charge in [-0.2, -0.15) is 0 Å². The summed E-state index contributed by atoms with van der Waals surface area (Å²) in [7, 11) is 0. The van der Waals surface area contributed by atoms with Crippen LogP contribution in [-0.2, 0) is 4.79 Å². The molecule has 1 aromatic carbocycles. The number of β-lactam (4-membered cyclic amide) rings is 1. The Balaban J connectivity index is 2.01. The van der Waals surface area contributed by atoms with Gasteiger partial charge in [0.2, 0.25) is 5.60 Å². The van der Waals surface area contributed by atoms with E-state index in [2.05, 4.69) is 5.32 Å². The van der Waals surface area contributed by atoms with Crippen molar-refractivity contribution >= 4 is 29.1 Å². The SMILES string of the molecule is CCC1C(Cl)CC2(NC(=O)C2(CC)Oc2ccc(C)cc2C)C(O)C1Cl. The van der Waals surface area contributed by atoms with Gasteiger partial charge in [0.25, 0.3) is 5.91 Å². The first-order valence-corrected chi connectivity index (χ1v) is 10.1. The van der Waals surface area contributed by atoms with Crippen molar-refractivity contribution in [2.24, 2.45) is 5.92 Å². The first-order chi connectivity index (χ1) is 12.2. The Hall–Kier alpha value is -0.970. The van der Waals surface area contributed by atoms with Crippen molar-refractivity contribution in [1.29, 1.82) is 0 Å². The molecular weight excluding hydrogens is 373 g/mol. The van der Waals surface area contributed by atoms with Crippen molar-refractivity contribution in [1.82, 2.24) is 5.32 Å². The van der Waals surface area contributed by atoms with Crippen LogP contribution in [0, 0.1) is 19.8 Å². The largest absolute Gasteiger partial charge is 0.475 e. The topological polar surface area (TPSA) is 58.6 Å². The number of amides is 1. The smallest absolute Gasteiger partial charge is 0.267 e. The van der Waals surface area contributed by atoms with Crippen LogP contribution in [-0.4, -0.2) is 39.0 Å². The summed E-state index contributed by atoms with van der Waals surface area (Å²) in [6, 6.07) is 5.84. The molecule has 2 aliphatic rings. The highest BCUT2D eigenvalue weighted by Crippen LogP contribution is 2.52. The molecule has 4 nitrogen and oxygen atoms in total. The summed E-state index contributed by atoms with van der Waals surface area (Å²) in [6.07, 6.45) is 0.711. The van der Waals surface area contributed by atoms with Crippen molar-refractivity contribution in [3.63, 3.8) is 0 Å². The average Bonchev–Trinajstić information content (AvgIpc) is 2.59. The second-order valence-corrected chi connectivity index (χ2v) is 8.72. The van der Waals surface area contributed by atoms with Crippen LogP contribution in [0.25, 0.3) is 0 Å². The quantitative estimate of drug-likeness (QED) is 0.599.